The Labute approximate surface area is 441 Å². The molecule has 5 aromatic heterocycles. The molecule has 5 heterocycles. The van der Waals surface area contributed by atoms with Crippen molar-refractivity contribution in [3.8, 4) is 50.8 Å². The molecule has 0 saturated heterocycles. The van der Waals surface area contributed by atoms with E-state index >= 15 is 0 Å². The van der Waals surface area contributed by atoms with Crippen molar-refractivity contribution < 1.29 is 0 Å². The van der Waals surface area contributed by atoms with Gasteiger partial charge in [-0.05, 0) is 52.6 Å². The molecule has 0 fully saturated rings. The zero-order valence-corrected chi connectivity index (χ0v) is 42.2. The number of nitriles is 1. The van der Waals surface area contributed by atoms with Crippen LogP contribution in [0.5, 0.6) is 0 Å². The fraction of sp³-hybridized carbons (Fsp3) is 0. The maximum Gasteiger partial charge on any atom is 0.230 e. The molecule has 0 unspecified atom stereocenters. The van der Waals surface area contributed by atoms with Gasteiger partial charge in [-0.3, -0.25) is 0 Å². The molecule has 16 rings (SSSR count). The van der Waals surface area contributed by atoms with Gasteiger partial charge in [-0.2, -0.15) is 5.26 Å². The fourth-order valence-electron chi connectivity index (χ4n) is 12.2. The van der Waals surface area contributed by atoms with Crippen LogP contribution in [0.1, 0.15) is 5.56 Å². The number of hydrogen-bond donors (Lipinski definition) is 0. The summed E-state index contributed by atoms with van der Waals surface area (Å²) < 4.78 is 11.8. The molecule has 0 radical (unpaired) electrons. The second kappa shape index (κ2) is 16.1. The summed E-state index contributed by atoms with van der Waals surface area (Å²) in [5.74, 6) is 0. The Balaban J connectivity index is 1.17. The Morgan fingerprint density at radius 1 is 0.360 bits per heavy atom. The molecule has 0 spiro atoms. The first kappa shape index (κ1) is 42.2. The first-order valence-electron chi connectivity index (χ1n) is 24.9. The predicted molar refractivity (Wildman–Crippen MR) is 321 cm³/mol. The van der Waals surface area contributed by atoms with Crippen molar-refractivity contribution in [3.63, 3.8) is 0 Å². The minimum absolute atomic E-state index is 0.303. The summed E-state index contributed by atoms with van der Waals surface area (Å²) in [4.78, 5) is 4.65. The third-order valence-corrected chi connectivity index (χ3v) is 19.0. The van der Waals surface area contributed by atoms with Crippen LogP contribution in [-0.4, -0.2) is 9.13 Å². The molecule has 75 heavy (non-hydrogen) atoms. The van der Waals surface area contributed by atoms with Crippen molar-refractivity contribution in [3.05, 3.63) is 235 Å². The summed E-state index contributed by atoms with van der Waals surface area (Å²) >= 11 is 5.37. The largest absolute Gasteiger partial charge is 0.317 e. The molecule has 0 amide bonds. The summed E-state index contributed by atoms with van der Waals surface area (Å²) in [7, 11) is 0. The molecule has 0 atom stereocenters. The number of aromatic nitrogens is 2. The van der Waals surface area contributed by atoms with Crippen LogP contribution in [0.15, 0.2) is 218 Å². The highest BCUT2D eigenvalue weighted by Crippen LogP contribution is 2.55. The quantitative estimate of drug-likeness (QED) is 0.158. The summed E-state index contributed by atoms with van der Waals surface area (Å²) in [6.07, 6.45) is 0. The topological polar surface area (TPSA) is 38.0 Å². The Morgan fingerprint density at radius 3 is 1.23 bits per heavy atom. The van der Waals surface area contributed by atoms with Crippen LogP contribution in [0.3, 0.4) is 0 Å². The minimum Gasteiger partial charge on any atom is -0.317 e. The lowest BCUT2D eigenvalue weighted by molar-refractivity contribution is 1.15. The van der Waals surface area contributed by atoms with E-state index in [1.807, 2.05) is 0 Å². The molecule has 0 saturated carbocycles. The molecule has 4 nitrogen and oxygen atoms in total. The lowest BCUT2D eigenvalue weighted by Gasteiger charge is -2.26. The third kappa shape index (κ3) is 5.89. The van der Waals surface area contributed by atoms with Crippen LogP contribution in [-0.2, 0) is 0 Å². The van der Waals surface area contributed by atoms with E-state index in [0.717, 1.165) is 107 Å². The van der Waals surface area contributed by atoms with Crippen molar-refractivity contribution in [2.24, 2.45) is 0 Å². The molecule has 11 aromatic carbocycles. The van der Waals surface area contributed by atoms with Crippen LogP contribution in [0.2, 0.25) is 0 Å². The van der Waals surface area contributed by atoms with E-state index in [4.69, 9.17) is 0 Å². The maximum absolute atomic E-state index is 12.3. The summed E-state index contributed by atoms with van der Waals surface area (Å²) in [5.41, 5.74) is 12.0. The standard InChI is InChI=1S/C68H36N4S3/c1-70-60-53(38-69)61(72-63-46(30-33-50-44-24-12-15-27-56(44)74-67(50)63)47-31-34-51-45-25-13-16-28-57(45)75-68(51)64(47)72)58(40-19-7-3-8-20-40)59(41-21-9-4-10-22-41)65(60)71-54-36-29-42(39-17-5-2-6-18-39)37-52(54)48-32-35-49-43-23-11-14-26-55(43)73-66(49)62(48)71/h2-37H. The van der Waals surface area contributed by atoms with Crippen LogP contribution in [0, 0.1) is 17.9 Å². The fourth-order valence-corrected chi connectivity index (χ4v) is 15.9. The molecule has 0 N–H and O–H groups in total. The van der Waals surface area contributed by atoms with Gasteiger partial charge in [0.1, 0.15) is 0 Å². The lowest BCUT2D eigenvalue weighted by Crippen LogP contribution is -2.08. The number of hydrogen-bond acceptors (Lipinski definition) is 4. The third-order valence-electron chi connectivity index (χ3n) is 15.4. The van der Waals surface area contributed by atoms with Crippen LogP contribution in [0.25, 0.3) is 154 Å². The van der Waals surface area contributed by atoms with E-state index < -0.39 is 0 Å². The molecular formula is C68H36N4S3. The zero-order valence-electron chi connectivity index (χ0n) is 39.8. The van der Waals surface area contributed by atoms with E-state index in [1.54, 1.807) is 34.0 Å². The minimum atomic E-state index is 0.303. The molecule has 0 aliphatic rings. The maximum atomic E-state index is 12.3. The first-order valence-corrected chi connectivity index (χ1v) is 27.4. The van der Waals surface area contributed by atoms with Gasteiger partial charge >= 0.3 is 0 Å². The van der Waals surface area contributed by atoms with Gasteiger partial charge in [0.05, 0.1) is 65.7 Å². The molecule has 0 aliphatic heterocycles. The molecule has 0 aliphatic carbocycles. The Morgan fingerprint density at radius 2 is 0.760 bits per heavy atom. The average molecular weight is 1010 g/mol. The van der Waals surface area contributed by atoms with E-state index in [0.29, 0.717) is 22.6 Å². The van der Waals surface area contributed by atoms with Crippen LogP contribution < -0.4 is 0 Å². The SMILES string of the molecule is [C-]#[N+]c1c(C#N)c(-n2c3c(ccc4c5ccccc5sc43)c3ccc4c5ccccc5sc4c32)c(-c2ccccc2)c(-c2ccccc2)c1-n1c2ccc(-c3ccccc3)cc2c2ccc3c4ccccc4sc3c21. The van der Waals surface area contributed by atoms with E-state index in [1.165, 1.54) is 30.3 Å². The summed E-state index contributed by atoms with van der Waals surface area (Å²) in [6, 6.07) is 80.9. The van der Waals surface area contributed by atoms with Crippen LogP contribution in [0.4, 0.5) is 5.69 Å². The van der Waals surface area contributed by atoms with E-state index in [9.17, 15) is 11.8 Å². The van der Waals surface area contributed by atoms with Crippen molar-refractivity contribution in [1.29, 1.82) is 5.26 Å². The van der Waals surface area contributed by atoms with E-state index in [2.05, 4.69) is 238 Å². The van der Waals surface area contributed by atoms with Gasteiger partial charge in [-0.1, -0.05) is 188 Å². The number of fused-ring (bicyclic) bond motifs is 18. The molecule has 16 aromatic rings. The van der Waals surface area contributed by atoms with Crippen molar-refractivity contribution in [2.75, 3.05) is 0 Å². The highest BCUT2D eigenvalue weighted by atomic mass is 32.1. The van der Waals surface area contributed by atoms with Crippen molar-refractivity contribution in [1.82, 2.24) is 9.13 Å². The van der Waals surface area contributed by atoms with Gasteiger partial charge in [-0.15, -0.1) is 34.0 Å². The predicted octanol–water partition coefficient (Wildman–Crippen LogP) is 20.4. The highest BCUT2D eigenvalue weighted by Gasteiger charge is 2.33. The van der Waals surface area contributed by atoms with Crippen molar-refractivity contribution in [2.45, 2.75) is 0 Å². The van der Waals surface area contributed by atoms with Gasteiger partial charge in [0, 0.05) is 79.1 Å². The van der Waals surface area contributed by atoms with Gasteiger partial charge < -0.3 is 9.13 Å². The summed E-state index contributed by atoms with van der Waals surface area (Å²) in [6.45, 7) is 9.59. The number of nitrogens with zero attached hydrogens (tertiary/aromatic N) is 4. The number of thiophene rings is 3. The van der Waals surface area contributed by atoms with Crippen molar-refractivity contribution >= 4 is 144 Å². The molecular weight excluding hydrogens is 969 g/mol. The highest BCUT2D eigenvalue weighted by molar-refractivity contribution is 7.27. The smallest absolute Gasteiger partial charge is 0.230 e. The number of benzene rings is 11. The monoisotopic (exact) mass is 1000 g/mol. The first-order chi connectivity index (χ1) is 37.2. The van der Waals surface area contributed by atoms with Gasteiger partial charge in [0.2, 0.25) is 5.69 Å². The normalized spacial score (nSPS) is 12.0. The van der Waals surface area contributed by atoms with Gasteiger partial charge in [0.15, 0.2) is 0 Å². The number of rotatable bonds is 5. The molecule has 0 bridgehead atoms. The average Bonchev–Trinajstić information content (AvgIpc) is 4.32. The second-order valence-corrected chi connectivity index (χ2v) is 22.4. The molecule has 7 heteroatoms. The van der Waals surface area contributed by atoms with Crippen LogP contribution >= 0.6 is 34.0 Å². The Bertz CT molecular complexity index is 5070. The Kier molecular flexibility index (Phi) is 9.05. The lowest BCUT2D eigenvalue weighted by atomic mass is 9.87. The zero-order chi connectivity index (χ0) is 49.5. The van der Waals surface area contributed by atoms with Gasteiger partial charge in [0.25, 0.3) is 0 Å². The second-order valence-electron chi connectivity index (χ2n) is 19.2. The van der Waals surface area contributed by atoms with Gasteiger partial charge in [-0.25, -0.2) is 4.85 Å². The van der Waals surface area contributed by atoms with E-state index in [-0.39, 0.29) is 0 Å². The molecule has 346 valence electrons. The summed E-state index contributed by atoms with van der Waals surface area (Å²) in [5, 5.41) is 23.8. The Hall–Kier alpha value is -9.34.